The molecule has 0 aliphatic heterocycles. The molecule has 0 saturated carbocycles. The Hall–Kier alpha value is -1.40. The average Bonchev–Trinajstić information content (AvgIpc) is 2.20. The molecule has 1 aromatic carbocycles. The van der Waals surface area contributed by atoms with Gasteiger partial charge in [-0.15, -0.1) is 0 Å². The van der Waals surface area contributed by atoms with E-state index >= 15 is 0 Å². The van der Waals surface area contributed by atoms with E-state index in [9.17, 15) is 13.2 Å². The molecule has 0 aliphatic carbocycles. The van der Waals surface area contributed by atoms with Crippen molar-refractivity contribution in [2.24, 2.45) is 0 Å². The van der Waals surface area contributed by atoms with Gasteiger partial charge in [-0.05, 0) is 25.0 Å². The van der Waals surface area contributed by atoms with Crippen molar-refractivity contribution in [2.45, 2.75) is 20.4 Å². The van der Waals surface area contributed by atoms with Gasteiger partial charge >= 0.3 is 5.97 Å². The summed E-state index contributed by atoms with van der Waals surface area (Å²) in [5.74, 6) is -2.23. The van der Waals surface area contributed by atoms with Crippen molar-refractivity contribution in [3.05, 3.63) is 34.9 Å². The van der Waals surface area contributed by atoms with Crippen molar-refractivity contribution < 1.29 is 18.3 Å². The van der Waals surface area contributed by atoms with Gasteiger partial charge < -0.3 is 5.11 Å². The number of nitrogens with zero attached hydrogens (tertiary/aromatic N) is 1. The van der Waals surface area contributed by atoms with Crippen LogP contribution >= 0.6 is 0 Å². The molecule has 6 heteroatoms. The molecule has 0 aromatic heterocycles. The van der Waals surface area contributed by atoms with Crippen LogP contribution in [0.25, 0.3) is 0 Å². The molecule has 0 radical (unpaired) electrons. The number of carboxylic acids is 1. The molecule has 100 valence electrons. The number of sulfonamides is 1. The Bertz CT molecular complexity index is 551. The zero-order chi connectivity index (χ0) is 13.9. The number of hydrogen-bond donors (Lipinski definition) is 1. The van der Waals surface area contributed by atoms with Gasteiger partial charge in [0, 0.05) is 13.6 Å². The SMILES string of the molecule is Cc1ccc(CN(C)S(=O)(=O)CC(=O)O)c(C)c1. The highest BCUT2D eigenvalue weighted by atomic mass is 32.2. The van der Waals surface area contributed by atoms with Crippen molar-refractivity contribution in [3.8, 4) is 0 Å². The second kappa shape index (κ2) is 5.49. The third-order valence-electron chi connectivity index (χ3n) is 2.67. The van der Waals surface area contributed by atoms with Crippen LogP contribution < -0.4 is 0 Å². The Labute approximate surface area is 107 Å². The maximum atomic E-state index is 11.7. The molecule has 0 unspecified atom stereocenters. The van der Waals surface area contributed by atoms with E-state index in [4.69, 9.17) is 5.11 Å². The van der Waals surface area contributed by atoms with Crippen LogP contribution in [0.2, 0.25) is 0 Å². The first kappa shape index (κ1) is 14.7. The maximum Gasteiger partial charge on any atom is 0.320 e. The molecule has 1 rings (SSSR count). The van der Waals surface area contributed by atoms with Gasteiger partial charge in [0.15, 0.2) is 5.75 Å². The zero-order valence-corrected chi connectivity index (χ0v) is 11.5. The van der Waals surface area contributed by atoms with E-state index in [2.05, 4.69) is 0 Å². The van der Waals surface area contributed by atoms with E-state index in [0.29, 0.717) is 0 Å². The maximum absolute atomic E-state index is 11.7. The zero-order valence-electron chi connectivity index (χ0n) is 10.7. The van der Waals surface area contributed by atoms with E-state index in [1.54, 1.807) is 0 Å². The summed E-state index contributed by atoms with van der Waals surface area (Å²) in [5.41, 5.74) is 2.97. The summed E-state index contributed by atoms with van der Waals surface area (Å²) >= 11 is 0. The Morgan fingerprint density at radius 2 is 1.94 bits per heavy atom. The van der Waals surface area contributed by atoms with E-state index in [0.717, 1.165) is 21.0 Å². The molecular weight excluding hydrogens is 254 g/mol. The highest BCUT2D eigenvalue weighted by Crippen LogP contribution is 2.14. The van der Waals surface area contributed by atoms with E-state index < -0.39 is 21.7 Å². The monoisotopic (exact) mass is 271 g/mol. The van der Waals surface area contributed by atoms with Crippen molar-refractivity contribution >= 4 is 16.0 Å². The normalized spacial score (nSPS) is 11.8. The topological polar surface area (TPSA) is 74.7 Å². The van der Waals surface area contributed by atoms with Crippen LogP contribution in [-0.4, -0.2) is 36.6 Å². The van der Waals surface area contributed by atoms with Crippen molar-refractivity contribution in [1.82, 2.24) is 4.31 Å². The lowest BCUT2D eigenvalue weighted by atomic mass is 10.1. The lowest BCUT2D eigenvalue weighted by Gasteiger charge is -2.17. The van der Waals surface area contributed by atoms with Gasteiger partial charge in [0.05, 0.1) is 0 Å². The predicted octanol–water partition coefficient (Wildman–Crippen LogP) is 1.15. The smallest absolute Gasteiger partial charge is 0.320 e. The van der Waals surface area contributed by atoms with E-state index in [1.807, 2.05) is 32.0 Å². The number of aryl methyl sites for hydroxylation is 2. The summed E-state index contributed by atoms with van der Waals surface area (Å²) in [7, 11) is -2.36. The Morgan fingerprint density at radius 1 is 1.33 bits per heavy atom. The van der Waals surface area contributed by atoms with Gasteiger partial charge in [-0.3, -0.25) is 4.79 Å². The first-order chi connectivity index (χ1) is 8.22. The van der Waals surface area contributed by atoms with Crippen LogP contribution in [0.1, 0.15) is 16.7 Å². The Morgan fingerprint density at radius 3 is 2.44 bits per heavy atom. The van der Waals surface area contributed by atoms with Crippen LogP contribution in [0.5, 0.6) is 0 Å². The second-order valence-corrected chi connectivity index (χ2v) is 6.41. The summed E-state index contributed by atoms with van der Waals surface area (Å²) in [6, 6.07) is 5.73. The van der Waals surface area contributed by atoms with Gasteiger partial charge in [-0.25, -0.2) is 12.7 Å². The first-order valence-electron chi connectivity index (χ1n) is 5.44. The summed E-state index contributed by atoms with van der Waals surface area (Å²) in [5, 5.41) is 8.55. The minimum atomic E-state index is -3.75. The number of rotatable bonds is 5. The molecule has 1 N–H and O–H groups in total. The highest BCUT2D eigenvalue weighted by Gasteiger charge is 2.22. The lowest BCUT2D eigenvalue weighted by molar-refractivity contribution is -0.134. The quantitative estimate of drug-likeness (QED) is 0.871. The number of carbonyl (C=O) groups is 1. The molecule has 0 atom stereocenters. The van der Waals surface area contributed by atoms with Crippen LogP contribution in [-0.2, 0) is 21.4 Å². The molecule has 0 aliphatic rings. The van der Waals surface area contributed by atoms with Gasteiger partial charge in [0.2, 0.25) is 10.0 Å². The lowest BCUT2D eigenvalue weighted by Crippen LogP contribution is -2.32. The molecule has 0 bridgehead atoms. The molecule has 0 amide bonds. The average molecular weight is 271 g/mol. The molecule has 5 nitrogen and oxygen atoms in total. The van der Waals surface area contributed by atoms with Crippen LogP contribution in [0.15, 0.2) is 18.2 Å². The largest absolute Gasteiger partial charge is 0.480 e. The summed E-state index contributed by atoms with van der Waals surface area (Å²) in [6.45, 7) is 4.05. The van der Waals surface area contributed by atoms with E-state index in [-0.39, 0.29) is 6.54 Å². The van der Waals surface area contributed by atoms with Crippen molar-refractivity contribution in [1.29, 1.82) is 0 Å². The fourth-order valence-corrected chi connectivity index (χ4v) is 2.50. The molecule has 18 heavy (non-hydrogen) atoms. The van der Waals surface area contributed by atoms with Gasteiger partial charge in [-0.1, -0.05) is 23.8 Å². The third-order valence-corrected chi connectivity index (χ3v) is 4.36. The summed E-state index contributed by atoms with van der Waals surface area (Å²) < 4.78 is 24.4. The van der Waals surface area contributed by atoms with Gasteiger partial charge in [0.25, 0.3) is 0 Å². The van der Waals surface area contributed by atoms with E-state index in [1.165, 1.54) is 7.05 Å². The fourth-order valence-electron chi connectivity index (χ4n) is 1.63. The molecule has 0 fully saturated rings. The standard InChI is InChI=1S/C12H17NO4S/c1-9-4-5-11(10(2)6-9)7-13(3)18(16,17)8-12(14)15/h4-6H,7-8H2,1-3H3,(H,14,15). The molecule has 0 spiro atoms. The summed E-state index contributed by atoms with van der Waals surface area (Å²) in [4.78, 5) is 10.5. The molecule has 1 aromatic rings. The van der Waals surface area contributed by atoms with Gasteiger partial charge in [0.1, 0.15) is 0 Å². The fraction of sp³-hybridized carbons (Fsp3) is 0.417. The Kier molecular flexibility index (Phi) is 4.48. The van der Waals surface area contributed by atoms with Crippen LogP contribution in [0, 0.1) is 13.8 Å². The van der Waals surface area contributed by atoms with Crippen molar-refractivity contribution in [2.75, 3.05) is 12.8 Å². The van der Waals surface area contributed by atoms with Crippen LogP contribution in [0.3, 0.4) is 0 Å². The number of aliphatic carboxylic acids is 1. The van der Waals surface area contributed by atoms with Crippen LogP contribution in [0.4, 0.5) is 0 Å². The predicted molar refractivity (Wildman–Crippen MR) is 68.8 cm³/mol. The number of hydrogen-bond acceptors (Lipinski definition) is 3. The molecular formula is C12H17NO4S. The van der Waals surface area contributed by atoms with Gasteiger partial charge in [-0.2, -0.15) is 0 Å². The van der Waals surface area contributed by atoms with Crippen molar-refractivity contribution in [3.63, 3.8) is 0 Å². The first-order valence-corrected chi connectivity index (χ1v) is 7.05. The number of carboxylic acid groups (broad SMARTS) is 1. The Balaban J connectivity index is 2.87. The third kappa shape index (κ3) is 3.82. The molecule has 0 saturated heterocycles. The number of benzene rings is 1. The second-order valence-electron chi connectivity index (χ2n) is 4.34. The molecule has 0 heterocycles. The summed E-state index contributed by atoms with van der Waals surface area (Å²) in [6.07, 6.45) is 0. The minimum Gasteiger partial charge on any atom is -0.480 e. The highest BCUT2D eigenvalue weighted by molar-refractivity contribution is 7.89. The minimum absolute atomic E-state index is 0.182.